The topological polar surface area (TPSA) is 55.6 Å². The van der Waals surface area contributed by atoms with Gasteiger partial charge in [-0.15, -0.1) is 0 Å². The van der Waals surface area contributed by atoms with Crippen molar-refractivity contribution >= 4 is 0 Å². The van der Waals surface area contributed by atoms with Crippen LogP contribution < -0.4 is 5.32 Å². The first-order valence-corrected chi connectivity index (χ1v) is 6.19. The summed E-state index contributed by atoms with van der Waals surface area (Å²) in [7, 11) is 1.92. The number of hydrogen-bond acceptors (Lipinski definition) is 4. The first-order valence-electron chi connectivity index (χ1n) is 6.19. The zero-order chi connectivity index (χ0) is 13.0. The van der Waals surface area contributed by atoms with E-state index in [4.69, 9.17) is 0 Å². The van der Waals surface area contributed by atoms with Crippen molar-refractivity contribution in [2.75, 3.05) is 6.54 Å². The SMILES string of the molecule is CCNC(Cc1ncnn1C)c1ccc(C)nc1. The third-order valence-electron chi connectivity index (χ3n) is 2.98. The smallest absolute Gasteiger partial charge is 0.138 e. The Kier molecular flexibility index (Phi) is 4.04. The number of aryl methyl sites for hydroxylation is 2. The minimum Gasteiger partial charge on any atom is -0.310 e. The molecule has 0 aliphatic heterocycles. The van der Waals surface area contributed by atoms with Crippen LogP contribution in [0.1, 0.15) is 30.0 Å². The number of pyridine rings is 1. The predicted molar refractivity (Wildman–Crippen MR) is 70.1 cm³/mol. The lowest BCUT2D eigenvalue weighted by Crippen LogP contribution is -2.24. The summed E-state index contributed by atoms with van der Waals surface area (Å²) in [4.78, 5) is 8.62. The Labute approximate surface area is 107 Å². The molecule has 96 valence electrons. The van der Waals surface area contributed by atoms with Gasteiger partial charge in [-0.3, -0.25) is 9.67 Å². The zero-order valence-electron chi connectivity index (χ0n) is 11.1. The van der Waals surface area contributed by atoms with Gasteiger partial charge in [-0.1, -0.05) is 13.0 Å². The lowest BCUT2D eigenvalue weighted by Gasteiger charge is -2.17. The maximum Gasteiger partial charge on any atom is 0.138 e. The van der Waals surface area contributed by atoms with Crippen molar-refractivity contribution in [3.63, 3.8) is 0 Å². The average Bonchev–Trinajstić information content (AvgIpc) is 2.76. The van der Waals surface area contributed by atoms with Crippen molar-refractivity contribution in [2.45, 2.75) is 26.3 Å². The van der Waals surface area contributed by atoms with Gasteiger partial charge in [0, 0.05) is 31.4 Å². The van der Waals surface area contributed by atoms with Crippen LogP contribution >= 0.6 is 0 Å². The molecule has 0 saturated heterocycles. The summed E-state index contributed by atoms with van der Waals surface area (Å²) in [6, 6.07) is 4.38. The van der Waals surface area contributed by atoms with E-state index in [-0.39, 0.29) is 6.04 Å². The minimum atomic E-state index is 0.228. The van der Waals surface area contributed by atoms with Crippen LogP contribution in [-0.4, -0.2) is 26.3 Å². The summed E-state index contributed by atoms with van der Waals surface area (Å²) in [6.45, 7) is 5.01. The maximum absolute atomic E-state index is 4.35. The third kappa shape index (κ3) is 2.92. The highest BCUT2D eigenvalue weighted by atomic mass is 15.3. The van der Waals surface area contributed by atoms with E-state index in [1.165, 1.54) is 5.56 Å². The van der Waals surface area contributed by atoms with E-state index in [2.05, 4.69) is 33.4 Å². The van der Waals surface area contributed by atoms with Gasteiger partial charge >= 0.3 is 0 Å². The molecule has 5 heteroatoms. The summed E-state index contributed by atoms with van der Waals surface area (Å²) in [5.74, 6) is 0.974. The second kappa shape index (κ2) is 5.73. The molecule has 1 N–H and O–H groups in total. The fraction of sp³-hybridized carbons (Fsp3) is 0.462. The fourth-order valence-electron chi connectivity index (χ4n) is 1.93. The molecule has 0 spiro atoms. The van der Waals surface area contributed by atoms with Crippen molar-refractivity contribution in [1.82, 2.24) is 25.1 Å². The van der Waals surface area contributed by atoms with Gasteiger partial charge in [0.15, 0.2) is 0 Å². The Hall–Kier alpha value is -1.75. The highest BCUT2D eigenvalue weighted by molar-refractivity contribution is 5.18. The van der Waals surface area contributed by atoms with Crippen LogP contribution in [0.15, 0.2) is 24.7 Å². The molecule has 0 radical (unpaired) electrons. The molecule has 2 aromatic rings. The second-order valence-electron chi connectivity index (χ2n) is 4.35. The highest BCUT2D eigenvalue weighted by Crippen LogP contribution is 2.16. The van der Waals surface area contributed by atoms with Gasteiger partial charge in [-0.05, 0) is 25.1 Å². The average molecular weight is 245 g/mol. The van der Waals surface area contributed by atoms with E-state index in [0.717, 1.165) is 24.5 Å². The Morgan fingerprint density at radius 3 is 2.72 bits per heavy atom. The molecule has 0 bridgehead atoms. The largest absolute Gasteiger partial charge is 0.310 e. The van der Waals surface area contributed by atoms with E-state index in [1.54, 1.807) is 6.33 Å². The third-order valence-corrected chi connectivity index (χ3v) is 2.98. The number of rotatable bonds is 5. The van der Waals surface area contributed by atoms with Crippen molar-refractivity contribution in [1.29, 1.82) is 0 Å². The van der Waals surface area contributed by atoms with Crippen molar-refractivity contribution in [3.05, 3.63) is 41.7 Å². The second-order valence-corrected chi connectivity index (χ2v) is 4.35. The number of nitrogens with zero attached hydrogens (tertiary/aromatic N) is 4. The molecule has 5 nitrogen and oxygen atoms in total. The molecular formula is C13H19N5. The molecule has 0 aromatic carbocycles. The van der Waals surface area contributed by atoms with Crippen molar-refractivity contribution in [3.8, 4) is 0 Å². The minimum absolute atomic E-state index is 0.228. The van der Waals surface area contributed by atoms with Gasteiger partial charge in [-0.2, -0.15) is 5.10 Å². The van der Waals surface area contributed by atoms with Crippen LogP contribution in [0.2, 0.25) is 0 Å². The van der Waals surface area contributed by atoms with Crippen LogP contribution in [0.3, 0.4) is 0 Å². The molecule has 1 unspecified atom stereocenters. The molecule has 0 amide bonds. The molecular weight excluding hydrogens is 226 g/mol. The maximum atomic E-state index is 4.35. The van der Waals surface area contributed by atoms with Crippen LogP contribution in [0.4, 0.5) is 0 Å². The summed E-state index contributed by atoms with van der Waals surface area (Å²) in [5, 5.41) is 7.56. The molecule has 0 aliphatic rings. The monoisotopic (exact) mass is 245 g/mol. The van der Waals surface area contributed by atoms with E-state index < -0.39 is 0 Å². The van der Waals surface area contributed by atoms with Crippen LogP contribution in [-0.2, 0) is 13.5 Å². The fourth-order valence-corrected chi connectivity index (χ4v) is 1.93. The molecule has 2 rings (SSSR count). The standard InChI is InChI=1S/C13H19N5/c1-4-14-12(7-13-16-9-17-18(13)3)11-6-5-10(2)15-8-11/h5-6,8-9,12,14H,4,7H2,1-3H3. The Morgan fingerprint density at radius 1 is 1.33 bits per heavy atom. The summed E-state index contributed by atoms with van der Waals surface area (Å²) in [5.41, 5.74) is 2.22. The van der Waals surface area contributed by atoms with Gasteiger partial charge in [0.2, 0.25) is 0 Å². The molecule has 2 heterocycles. The number of hydrogen-bond donors (Lipinski definition) is 1. The Balaban J connectivity index is 2.18. The first-order chi connectivity index (χ1) is 8.70. The zero-order valence-corrected chi connectivity index (χ0v) is 11.1. The van der Waals surface area contributed by atoms with E-state index in [1.807, 2.05) is 30.9 Å². The van der Waals surface area contributed by atoms with Crippen molar-refractivity contribution in [2.24, 2.45) is 7.05 Å². The quantitative estimate of drug-likeness (QED) is 0.865. The van der Waals surface area contributed by atoms with Gasteiger partial charge < -0.3 is 5.32 Å². The van der Waals surface area contributed by atoms with Gasteiger partial charge in [0.1, 0.15) is 12.2 Å². The molecule has 0 fully saturated rings. The van der Waals surface area contributed by atoms with E-state index in [0.29, 0.717) is 0 Å². The summed E-state index contributed by atoms with van der Waals surface area (Å²) < 4.78 is 1.81. The molecule has 0 aliphatic carbocycles. The molecule has 0 saturated carbocycles. The van der Waals surface area contributed by atoms with Crippen molar-refractivity contribution < 1.29 is 0 Å². The van der Waals surface area contributed by atoms with Gasteiger partial charge in [-0.25, -0.2) is 4.98 Å². The predicted octanol–water partition coefficient (Wildman–Crippen LogP) is 1.41. The first kappa shape index (κ1) is 12.7. The van der Waals surface area contributed by atoms with Gasteiger partial charge in [0.25, 0.3) is 0 Å². The summed E-state index contributed by atoms with van der Waals surface area (Å²) >= 11 is 0. The highest BCUT2D eigenvalue weighted by Gasteiger charge is 2.14. The van der Waals surface area contributed by atoms with E-state index in [9.17, 15) is 0 Å². The van der Waals surface area contributed by atoms with Gasteiger partial charge in [0.05, 0.1) is 0 Å². The van der Waals surface area contributed by atoms with E-state index >= 15 is 0 Å². The lowest BCUT2D eigenvalue weighted by atomic mass is 10.1. The Bertz CT molecular complexity index is 488. The normalized spacial score (nSPS) is 12.6. The lowest BCUT2D eigenvalue weighted by molar-refractivity contribution is 0.520. The van der Waals surface area contributed by atoms with Crippen LogP contribution in [0, 0.1) is 6.92 Å². The Morgan fingerprint density at radius 2 is 2.17 bits per heavy atom. The number of likely N-dealkylation sites (N-methyl/N-ethyl adjacent to an activating group) is 1. The number of aromatic nitrogens is 4. The summed E-state index contributed by atoms with van der Waals surface area (Å²) in [6.07, 6.45) is 4.33. The molecule has 18 heavy (non-hydrogen) atoms. The molecule has 2 aromatic heterocycles. The molecule has 1 atom stereocenters. The van der Waals surface area contributed by atoms with Crippen LogP contribution in [0.5, 0.6) is 0 Å². The number of nitrogens with one attached hydrogen (secondary N) is 1. The van der Waals surface area contributed by atoms with Crippen LogP contribution in [0.25, 0.3) is 0 Å².